The third kappa shape index (κ3) is 5.99. The standard InChI is InChI=1S/C17H15Cl2FN2O3/c1-10(17(24)22-16-14(19)8-12(18)9-21-16)25-15(23)7-4-11-2-5-13(20)6-3-11/h2-3,5-6,8-10H,4,7H2,1H3,(H,21,22,24)/t10-/m0/s1. The van der Waals surface area contributed by atoms with Gasteiger partial charge in [-0.15, -0.1) is 0 Å². The molecule has 1 aromatic heterocycles. The van der Waals surface area contributed by atoms with E-state index in [2.05, 4.69) is 10.3 Å². The Morgan fingerprint density at radius 2 is 1.96 bits per heavy atom. The van der Waals surface area contributed by atoms with Crippen LogP contribution >= 0.6 is 23.2 Å². The number of hydrogen-bond acceptors (Lipinski definition) is 4. The van der Waals surface area contributed by atoms with E-state index in [1.165, 1.54) is 31.3 Å². The van der Waals surface area contributed by atoms with E-state index >= 15 is 0 Å². The van der Waals surface area contributed by atoms with E-state index in [4.69, 9.17) is 27.9 Å². The number of amides is 1. The van der Waals surface area contributed by atoms with Crippen molar-refractivity contribution in [2.75, 3.05) is 5.32 Å². The lowest BCUT2D eigenvalue weighted by atomic mass is 10.1. The number of rotatable bonds is 6. The molecule has 0 saturated heterocycles. The van der Waals surface area contributed by atoms with E-state index in [-0.39, 0.29) is 23.1 Å². The number of anilines is 1. The first-order valence-electron chi connectivity index (χ1n) is 7.41. The van der Waals surface area contributed by atoms with Gasteiger partial charge in [-0.25, -0.2) is 9.37 Å². The van der Waals surface area contributed by atoms with Gasteiger partial charge in [-0.2, -0.15) is 0 Å². The van der Waals surface area contributed by atoms with Crippen molar-refractivity contribution in [2.24, 2.45) is 0 Å². The highest BCUT2D eigenvalue weighted by molar-refractivity contribution is 6.36. The van der Waals surface area contributed by atoms with Crippen molar-refractivity contribution in [2.45, 2.75) is 25.9 Å². The number of halogens is 3. The predicted molar refractivity (Wildman–Crippen MR) is 93.2 cm³/mol. The molecule has 25 heavy (non-hydrogen) atoms. The summed E-state index contributed by atoms with van der Waals surface area (Å²) in [6, 6.07) is 7.25. The lowest BCUT2D eigenvalue weighted by Gasteiger charge is -2.13. The number of benzene rings is 1. The molecule has 1 atom stereocenters. The van der Waals surface area contributed by atoms with E-state index in [1.54, 1.807) is 12.1 Å². The highest BCUT2D eigenvalue weighted by atomic mass is 35.5. The van der Waals surface area contributed by atoms with E-state index in [0.29, 0.717) is 11.4 Å². The zero-order chi connectivity index (χ0) is 18.4. The number of esters is 1. The number of ether oxygens (including phenoxy) is 1. The largest absolute Gasteiger partial charge is 0.453 e. The second kappa shape index (κ2) is 8.78. The number of hydrogen-bond donors (Lipinski definition) is 1. The first-order valence-corrected chi connectivity index (χ1v) is 8.16. The highest BCUT2D eigenvalue weighted by Gasteiger charge is 2.19. The maximum Gasteiger partial charge on any atom is 0.306 e. The van der Waals surface area contributed by atoms with Gasteiger partial charge in [0.15, 0.2) is 11.9 Å². The number of carbonyl (C=O) groups is 2. The summed E-state index contributed by atoms with van der Waals surface area (Å²) in [7, 11) is 0. The molecule has 0 aliphatic heterocycles. The van der Waals surface area contributed by atoms with Crippen LogP contribution in [0.5, 0.6) is 0 Å². The van der Waals surface area contributed by atoms with Crippen LogP contribution in [-0.4, -0.2) is 23.0 Å². The van der Waals surface area contributed by atoms with Crippen LogP contribution in [-0.2, 0) is 20.7 Å². The smallest absolute Gasteiger partial charge is 0.306 e. The minimum atomic E-state index is -1.02. The molecule has 132 valence electrons. The highest BCUT2D eigenvalue weighted by Crippen LogP contribution is 2.22. The first-order chi connectivity index (χ1) is 11.8. The van der Waals surface area contributed by atoms with Crippen molar-refractivity contribution in [3.63, 3.8) is 0 Å². The molecule has 0 aliphatic carbocycles. The molecule has 0 fully saturated rings. The Morgan fingerprint density at radius 3 is 2.60 bits per heavy atom. The summed E-state index contributed by atoms with van der Waals surface area (Å²) >= 11 is 11.6. The predicted octanol–water partition coefficient (Wildman–Crippen LogP) is 4.03. The molecule has 0 radical (unpaired) electrons. The van der Waals surface area contributed by atoms with Crippen LogP contribution in [0.3, 0.4) is 0 Å². The third-order valence-corrected chi connectivity index (χ3v) is 3.75. The van der Waals surface area contributed by atoms with Gasteiger partial charge in [-0.3, -0.25) is 9.59 Å². The average molecular weight is 385 g/mol. The van der Waals surface area contributed by atoms with Crippen LogP contribution in [0, 0.1) is 5.82 Å². The fraction of sp³-hybridized carbons (Fsp3) is 0.235. The van der Waals surface area contributed by atoms with Crippen molar-refractivity contribution in [1.29, 1.82) is 0 Å². The Labute approximate surface area is 154 Å². The molecule has 0 unspecified atom stereocenters. The Hall–Kier alpha value is -2.18. The molecule has 0 aliphatic rings. The minimum absolute atomic E-state index is 0.0726. The molecule has 0 bridgehead atoms. The van der Waals surface area contributed by atoms with Crippen LogP contribution in [0.1, 0.15) is 18.9 Å². The number of pyridine rings is 1. The Kier molecular flexibility index (Phi) is 6.73. The Morgan fingerprint density at radius 1 is 1.28 bits per heavy atom. The van der Waals surface area contributed by atoms with Crippen LogP contribution < -0.4 is 5.32 Å². The van der Waals surface area contributed by atoms with Gasteiger partial charge < -0.3 is 10.1 Å². The van der Waals surface area contributed by atoms with Gasteiger partial charge in [0.05, 0.1) is 10.0 Å². The monoisotopic (exact) mass is 384 g/mol. The number of carbonyl (C=O) groups excluding carboxylic acids is 2. The van der Waals surface area contributed by atoms with Gasteiger partial charge in [-0.1, -0.05) is 35.3 Å². The SMILES string of the molecule is C[C@H](OC(=O)CCc1ccc(F)cc1)C(=O)Nc1ncc(Cl)cc1Cl. The van der Waals surface area contributed by atoms with Crippen molar-refractivity contribution in [1.82, 2.24) is 4.98 Å². The maximum absolute atomic E-state index is 12.8. The van der Waals surface area contributed by atoms with E-state index < -0.39 is 18.0 Å². The number of nitrogens with one attached hydrogen (secondary N) is 1. The van der Waals surface area contributed by atoms with Crippen LogP contribution in [0.4, 0.5) is 10.2 Å². The average Bonchev–Trinajstić information content (AvgIpc) is 2.56. The van der Waals surface area contributed by atoms with Crippen molar-refractivity contribution in [3.05, 3.63) is 58.0 Å². The Bertz CT molecular complexity index is 769. The summed E-state index contributed by atoms with van der Waals surface area (Å²) in [4.78, 5) is 27.8. The van der Waals surface area contributed by atoms with E-state index in [1.807, 2.05) is 0 Å². The van der Waals surface area contributed by atoms with Crippen molar-refractivity contribution >= 4 is 40.9 Å². The molecular formula is C17H15Cl2FN2O3. The number of aryl methyl sites for hydroxylation is 1. The molecule has 0 spiro atoms. The molecular weight excluding hydrogens is 370 g/mol. The van der Waals surface area contributed by atoms with Crippen LogP contribution in [0.2, 0.25) is 10.0 Å². The van der Waals surface area contributed by atoms with Gasteiger partial charge in [0.2, 0.25) is 0 Å². The third-order valence-electron chi connectivity index (χ3n) is 3.26. The van der Waals surface area contributed by atoms with Crippen LogP contribution in [0.25, 0.3) is 0 Å². The molecule has 2 aromatic rings. The molecule has 1 N–H and O–H groups in total. The lowest BCUT2D eigenvalue weighted by Crippen LogP contribution is -2.30. The number of nitrogens with zero attached hydrogens (tertiary/aromatic N) is 1. The van der Waals surface area contributed by atoms with Crippen molar-refractivity contribution < 1.29 is 18.7 Å². The van der Waals surface area contributed by atoms with Crippen LogP contribution in [0.15, 0.2) is 36.5 Å². The molecule has 8 heteroatoms. The molecule has 1 aromatic carbocycles. The quantitative estimate of drug-likeness (QED) is 0.763. The first kappa shape index (κ1) is 19.1. The summed E-state index contributed by atoms with van der Waals surface area (Å²) in [5, 5.41) is 2.98. The zero-order valence-electron chi connectivity index (χ0n) is 13.3. The second-order valence-corrected chi connectivity index (χ2v) is 6.08. The summed E-state index contributed by atoms with van der Waals surface area (Å²) in [6.45, 7) is 1.44. The van der Waals surface area contributed by atoms with Gasteiger partial charge in [-0.05, 0) is 37.1 Å². The van der Waals surface area contributed by atoms with Gasteiger partial charge in [0.1, 0.15) is 5.82 Å². The lowest BCUT2D eigenvalue weighted by molar-refractivity contribution is -0.153. The fourth-order valence-electron chi connectivity index (χ4n) is 1.93. The zero-order valence-corrected chi connectivity index (χ0v) is 14.8. The molecule has 5 nitrogen and oxygen atoms in total. The van der Waals surface area contributed by atoms with Gasteiger partial charge in [0, 0.05) is 12.6 Å². The number of aromatic nitrogens is 1. The molecule has 2 rings (SSSR count). The second-order valence-electron chi connectivity index (χ2n) is 5.23. The van der Waals surface area contributed by atoms with Gasteiger partial charge in [0.25, 0.3) is 5.91 Å². The normalized spacial score (nSPS) is 11.7. The Balaban J connectivity index is 1.83. The molecule has 0 saturated carbocycles. The maximum atomic E-state index is 12.8. The molecule has 1 heterocycles. The molecule has 1 amide bonds. The summed E-state index contributed by atoms with van der Waals surface area (Å²) in [5.74, 6) is -1.31. The van der Waals surface area contributed by atoms with Crippen molar-refractivity contribution in [3.8, 4) is 0 Å². The summed E-state index contributed by atoms with van der Waals surface area (Å²) in [5.41, 5.74) is 0.799. The summed E-state index contributed by atoms with van der Waals surface area (Å²) in [6.07, 6.45) is 0.776. The fourth-order valence-corrected chi connectivity index (χ4v) is 2.36. The minimum Gasteiger partial charge on any atom is -0.453 e. The summed E-state index contributed by atoms with van der Waals surface area (Å²) < 4.78 is 17.9. The van der Waals surface area contributed by atoms with E-state index in [9.17, 15) is 14.0 Å². The van der Waals surface area contributed by atoms with Gasteiger partial charge >= 0.3 is 5.97 Å². The topological polar surface area (TPSA) is 68.3 Å². The van der Waals surface area contributed by atoms with E-state index in [0.717, 1.165) is 5.56 Å².